The van der Waals surface area contributed by atoms with Gasteiger partial charge >= 0.3 is 0 Å². The summed E-state index contributed by atoms with van der Waals surface area (Å²) in [6, 6.07) is 4.21. The molecule has 146 valence electrons. The summed E-state index contributed by atoms with van der Waals surface area (Å²) in [7, 11) is 3.95. The van der Waals surface area contributed by atoms with Crippen molar-refractivity contribution in [1.82, 2.24) is 25.5 Å². The van der Waals surface area contributed by atoms with Gasteiger partial charge in [0.15, 0.2) is 5.96 Å². The van der Waals surface area contributed by atoms with Gasteiger partial charge in [0.2, 0.25) is 0 Å². The van der Waals surface area contributed by atoms with Crippen LogP contribution >= 0.6 is 11.3 Å². The number of guanidine groups is 1. The molecule has 3 rings (SSSR count). The molecule has 1 aliphatic rings. The molecule has 0 radical (unpaired) electrons. The Kier molecular flexibility index (Phi) is 6.63. The molecule has 27 heavy (non-hydrogen) atoms. The van der Waals surface area contributed by atoms with Crippen LogP contribution in [0.3, 0.4) is 0 Å². The molecule has 3 heterocycles. The molecular weight excluding hydrogens is 358 g/mol. The van der Waals surface area contributed by atoms with Crippen molar-refractivity contribution in [2.45, 2.75) is 26.9 Å². The molecule has 0 saturated carbocycles. The average Bonchev–Trinajstić information content (AvgIpc) is 3.00. The van der Waals surface area contributed by atoms with Crippen LogP contribution < -0.4 is 15.5 Å². The summed E-state index contributed by atoms with van der Waals surface area (Å²) in [6.45, 7) is 9.74. The van der Waals surface area contributed by atoms with Gasteiger partial charge < -0.3 is 20.4 Å². The third kappa shape index (κ3) is 5.40. The second-order valence-corrected chi connectivity index (χ2v) is 8.13. The normalized spacial score (nSPS) is 15.9. The van der Waals surface area contributed by atoms with Gasteiger partial charge in [-0.25, -0.2) is 9.97 Å². The van der Waals surface area contributed by atoms with Crippen LogP contribution in [0, 0.1) is 13.8 Å². The van der Waals surface area contributed by atoms with Crippen LogP contribution in [0.25, 0.3) is 0 Å². The zero-order valence-corrected chi connectivity index (χ0v) is 17.4. The first-order chi connectivity index (χ1) is 13.0. The molecule has 1 saturated heterocycles. The smallest absolute Gasteiger partial charge is 0.191 e. The minimum absolute atomic E-state index is 0.682. The van der Waals surface area contributed by atoms with Gasteiger partial charge in [0, 0.05) is 50.8 Å². The quantitative estimate of drug-likeness (QED) is 0.602. The first-order valence-corrected chi connectivity index (χ1v) is 10.1. The number of nitrogens with one attached hydrogen (secondary N) is 2. The number of likely N-dealkylation sites (N-methyl/N-ethyl adjacent to an activating group) is 1. The van der Waals surface area contributed by atoms with E-state index in [2.05, 4.69) is 55.4 Å². The van der Waals surface area contributed by atoms with E-state index in [9.17, 15) is 0 Å². The van der Waals surface area contributed by atoms with Crippen LogP contribution in [-0.4, -0.2) is 61.1 Å². The molecule has 0 aromatic carbocycles. The molecule has 0 unspecified atom stereocenters. The zero-order valence-electron chi connectivity index (χ0n) is 16.6. The van der Waals surface area contributed by atoms with Gasteiger partial charge in [-0.2, -0.15) is 0 Å². The number of aliphatic imine (C=N–C) groups is 1. The fourth-order valence-corrected chi connectivity index (χ4v) is 3.83. The monoisotopic (exact) mass is 387 g/mol. The minimum atomic E-state index is 0.682. The Hall–Kier alpha value is -2.19. The lowest BCUT2D eigenvalue weighted by Gasteiger charge is -2.33. The topological polar surface area (TPSA) is 68.7 Å². The number of anilines is 1. The molecule has 0 aliphatic carbocycles. The predicted octanol–water partition coefficient (Wildman–Crippen LogP) is 1.77. The number of hydrogen-bond acceptors (Lipinski definition) is 6. The summed E-state index contributed by atoms with van der Waals surface area (Å²) in [5, 5.41) is 7.79. The van der Waals surface area contributed by atoms with Crippen molar-refractivity contribution >= 4 is 23.1 Å². The van der Waals surface area contributed by atoms with E-state index >= 15 is 0 Å². The van der Waals surface area contributed by atoms with Gasteiger partial charge in [0.05, 0.1) is 12.2 Å². The molecule has 1 fully saturated rings. The second kappa shape index (κ2) is 9.14. The molecule has 0 spiro atoms. The molecule has 2 N–H and O–H groups in total. The summed E-state index contributed by atoms with van der Waals surface area (Å²) in [6.07, 6.45) is 1.89. The highest BCUT2D eigenvalue weighted by Crippen LogP contribution is 2.16. The fourth-order valence-electron chi connectivity index (χ4n) is 2.96. The maximum atomic E-state index is 4.56. The zero-order chi connectivity index (χ0) is 19.2. The summed E-state index contributed by atoms with van der Waals surface area (Å²) < 4.78 is 0. The molecule has 1 aliphatic heterocycles. The second-order valence-electron chi connectivity index (χ2n) is 6.84. The van der Waals surface area contributed by atoms with E-state index in [4.69, 9.17) is 0 Å². The van der Waals surface area contributed by atoms with E-state index in [0.717, 1.165) is 48.7 Å². The summed E-state index contributed by atoms with van der Waals surface area (Å²) in [5.74, 6) is 1.83. The van der Waals surface area contributed by atoms with Gasteiger partial charge in [-0.3, -0.25) is 4.99 Å². The van der Waals surface area contributed by atoms with Gasteiger partial charge in [-0.1, -0.05) is 0 Å². The molecule has 2 aromatic heterocycles. The van der Waals surface area contributed by atoms with Crippen LogP contribution in [-0.2, 0) is 13.1 Å². The number of hydrogen-bond donors (Lipinski definition) is 2. The molecule has 2 aromatic rings. The van der Waals surface area contributed by atoms with Crippen LogP contribution in [0.15, 0.2) is 23.3 Å². The number of aromatic nitrogens is 2. The van der Waals surface area contributed by atoms with E-state index in [1.54, 1.807) is 18.4 Å². The van der Waals surface area contributed by atoms with Crippen LogP contribution in [0.2, 0.25) is 0 Å². The summed E-state index contributed by atoms with van der Waals surface area (Å²) >= 11 is 1.73. The maximum absolute atomic E-state index is 4.56. The highest BCUT2D eigenvalue weighted by molar-refractivity contribution is 7.11. The number of aryl methyl sites for hydroxylation is 2. The van der Waals surface area contributed by atoms with Gasteiger partial charge in [0.1, 0.15) is 10.8 Å². The van der Waals surface area contributed by atoms with E-state index in [0.29, 0.717) is 13.1 Å². The maximum Gasteiger partial charge on any atom is 0.191 e. The Bertz CT molecular complexity index is 759. The van der Waals surface area contributed by atoms with Crippen molar-refractivity contribution in [2.75, 3.05) is 45.2 Å². The van der Waals surface area contributed by atoms with Crippen molar-refractivity contribution in [3.8, 4) is 0 Å². The van der Waals surface area contributed by atoms with Crippen LogP contribution in [0.4, 0.5) is 5.82 Å². The Morgan fingerprint density at radius 3 is 2.59 bits per heavy atom. The molecule has 7 nitrogen and oxygen atoms in total. The average molecular weight is 388 g/mol. The van der Waals surface area contributed by atoms with Crippen LogP contribution in [0.1, 0.15) is 21.1 Å². The lowest BCUT2D eigenvalue weighted by atomic mass is 10.2. The summed E-state index contributed by atoms with van der Waals surface area (Å²) in [4.78, 5) is 19.4. The number of rotatable bonds is 5. The Labute approximate surface area is 165 Å². The van der Waals surface area contributed by atoms with Crippen molar-refractivity contribution in [1.29, 1.82) is 0 Å². The number of thiazole rings is 1. The largest absolute Gasteiger partial charge is 0.354 e. The Morgan fingerprint density at radius 1 is 1.19 bits per heavy atom. The highest BCUT2D eigenvalue weighted by atomic mass is 32.1. The molecular formula is C19H29N7S. The van der Waals surface area contributed by atoms with Crippen molar-refractivity contribution in [2.24, 2.45) is 4.99 Å². The first kappa shape index (κ1) is 19.6. The standard InChI is InChI=1S/C19H29N7S/c1-14-15(2)27-18(24-14)13-23-19(20-3)22-12-16-5-6-21-17(11-16)26-9-7-25(4)8-10-26/h5-6,11H,7-10,12-13H2,1-4H3,(H2,20,22,23). The first-order valence-electron chi connectivity index (χ1n) is 9.31. The third-order valence-electron chi connectivity index (χ3n) is 4.80. The molecule has 8 heteroatoms. The van der Waals surface area contributed by atoms with Crippen molar-refractivity contribution in [3.05, 3.63) is 39.5 Å². The molecule has 0 atom stereocenters. The lowest BCUT2D eigenvalue weighted by molar-refractivity contribution is 0.312. The SMILES string of the molecule is CN=C(NCc1ccnc(N2CCN(C)CC2)c1)NCc1nc(C)c(C)s1. The Morgan fingerprint density at radius 2 is 1.93 bits per heavy atom. The van der Waals surface area contributed by atoms with Crippen molar-refractivity contribution < 1.29 is 0 Å². The Balaban J connectivity index is 1.52. The minimum Gasteiger partial charge on any atom is -0.354 e. The number of pyridine rings is 1. The lowest BCUT2D eigenvalue weighted by Crippen LogP contribution is -2.44. The molecule has 0 amide bonds. The highest BCUT2D eigenvalue weighted by Gasteiger charge is 2.15. The van der Waals surface area contributed by atoms with Gasteiger partial charge in [-0.15, -0.1) is 11.3 Å². The molecule has 0 bridgehead atoms. The van der Waals surface area contributed by atoms with E-state index in [1.807, 2.05) is 19.2 Å². The predicted molar refractivity (Wildman–Crippen MR) is 113 cm³/mol. The van der Waals surface area contributed by atoms with E-state index in [1.165, 1.54) is 10.4 Å². The van der Waals surface area contributed by atoms with Crippen molar-refractivity contribution in [3.63, 3.8) is 0 Å². The number of nitrogens with zero attached hydrogens (tertiary/aromatic N) is 5. The van der Waals surface area contributed by atoms with Crippen LogP contribution in [0.5, 0.6) is 0 Å². The van der Waals surface area contributed by atoms with Gasteiger partial charge in [0.25, 0.3) is 0 Å². The number of piperazine rings is 1. The van der Waals surface area contributed by atoms with Gasteiger partial charge in [-0.05, 0) is 38.6 Å². The fraction of sp³-hybridized carbons (Fsp3) is 0.526. The van der Waals surface area contributed by atoms with E-state index < -0.39 is 0 Å². The van der Waals surface area contributed by atoms with E-state index in [-0.39, 0.29) is 0 Å². The summed E-state index contributed by atoms with van der Waals surface area (Å²) in [5.41, 5.74) is 2.30. The third-order valence-corrected chi connectivity index (χ3v) is 5.87.